The van der Waals surface area contributed by atoms with Crippen molar-refractivity contribution in [1.82, 2.24) is 0 Å². The van der Waals surface area contributed by atoms with Gasteiger partial charge in [-0.15, -0.1) is 0 Å². The van der Waals surface area contributed by atoms with Crippen LogP contribution in [0.4, 0.5) is 5.69 Å². The summed E-state index contributed by atoms with van der Waals surface area (Å²) in [6.07, 6.45) is -1.05. The van der Waals surface area contributed by atoms with Gasteiger partial charge in [-0.1, -0.05) is 60.2 Å². The van der Waals surface area contributed by atoms with Crippen molar-refractivity contribution < 1.29 is 14.3 Å². The number of hydrogen-bond donors (Lipinski definition) is 1. The SMILES string of the molecule is Cc1cccc(C(=O)O[C@H](C(=O)Nc2cc(C)ccc2C)c2ccccc2)c1. The minimum atomic E-state index is -1.05. The second kappa shape index (κ2) is 8.53. The maximum Gasteiger partial charge on any atom is 0.339 e. The predicted molar refractivity (Wildman–Crippen MR) is 110 cm³/mol. The number of aryl methyl sites for hydroxylation is 3. The molecular formula is C24H23NO3. The molecule has 3 aromatic rings. The summed E-state index contributed by atoms with van der Waals surface area (Å²) in [7, 11) is 0. The average molecular weight is 373 g/mol. The molecule has 4 nitrogen and oxygen atoms in total. The first kappa shape index (κ1) is 19.4. The average Bonchev–Trinajstić information content (AvgIpc) is 2.69. The van der Waals surface area contributed by atoms with Gasteiger partial charge >= 0.3 is 5.97 Å². The molecule has 3 aromatic carbocycles. The molecule has 0 aliphatic carbocycles. The van der Waals surface area contributed by atoms with Gasteiger partial charge in [0.05, 0.1) is 5.56 Å². The molecule has 0 unspecified atom stereocenters. The third-order valence-electron chi connectivity index (χ3n) is 4.47. The van der Waals surface area contributed by atoms with Crippen molar-refractivity contribution in [3.63, 3.8) is 0 Å². The van der Waals surface area contributed by atoms with E-state index in [-0.39, 0.29) is 5.91 Å². The maximum absolute atomic E-state index is 13.0. The number of anilines is 1. The van der Waals surface area contributed by atoms with E-state index in [4.69, 9.17) is 4.74 Å². The molecule has 1 atom stereocenters. The molecule has 0 aliphatic rings. The van der Waals surface area contributed by atoms with Crippen LogP contribution in [0.1, 0.15) is 38.7 Å². The number of nitrogens with one attached hydrogen (secondary N) is 1. The highest BCUT2D eigenvalue weighted by atomic mass is 16.5. The van der Waals surface area contributed by atoms with E-state index in [2.05, 4.69) is 5.32 Å². The normalized spacial score (nSPS) is 11.5. The fourth-order valence-corrected chi connectivity index (χ4v) is 2.92. The number of carbonyl (C=O) groups is 2. The zero-order chi connectivity index (χ0) is 20.1. The molecule has 0 radical (unpaired) electrons. The van der Waals surface area contributed by atoms with Crippen molar-refractivity contribution in [3.8, 4) is 0 Å². The Kier molecular flexibility index (Phi) is 5.90. The Morgan fingerprint density at radius 2 is 1.54 bits per heavy atom. The van der Waals surface area contributed by atoms with Crippen LogP contribution in [0.15, 0.2) is 72.8 Å². The highest BCUT2D eigenvalue weighted by molar-refractivity contribution is 5.98. The van der Waals surface area contributed by atoms with Gasteiger partial charge in [-0.3, -0.25) is 4.79 Å². The first-order valence-corrected chi connectivity index (χ1v) is 9.15. The van der Waals surface area contributed by atoms with E-state index in [0.717, 1.165) is 16.7 Å². The fourth-order valence-electron chi connectivity index (χ4n) is 2.92. The molecule has 0 heterocycles. The molecule has 0 saturated carbocycles. The maximum atomic E-state index is 13.0. The third kappa shape index (κ3) is 4.65. The smallest absolute Gasteiger partial charge is 0.339 e. The number of carbonyl (C=O) groups excluding carboxylic acids is 2. The highest BCUT2D eigenvalue weighted by Crippen LogP contribution is 2.24. The van der Waals surface area contributed by atoms with Gasteiger partial charge in [0.1, 0.15) is 0 Å². The van der Waals surface area contributed by atoms with Gasteiger partial charge in [-0.25, -0.2) is 4.79 Å². The summed E-state index contributed by atoms with van der Waals surface area (Å²) in [4.78, 5) is 25.7. The van der Waals surface area contributed by atoms with Gasteiger partial charge in [-0.2, -0.15) is 0 Å². The van der Waals surface area contributed by atoms with Crippen LogP contribution in [0.2, 0.25) is 0 Å². The summed E-state index contributed by atoms with van der Waals surface area (Å²) in [6, 6.07) is 22.0. The van der Waals surface area contributed by atoms with Crippen LogP contribution >= 0.6 is 0 Å². The molecule has 1 N–H and O–H groups in total. The quantitative estimate of drug-likeness (QED) is 0.629. The van der Waals surface area contributed by atoms with Crippen LogP contribution in [0.25, 0.3) is 0 Å². The van der Waals surface area contributed by atoms with Gasteiger partial charge in [0.25, 0.3) is 5.91 Å². The monoisotopic (exact) mass is 373 g/mol. The van der Waals surface area contributed by atoms with Gasteiger partial charge in [0.15, 0.2) is 0 Å². The molecule has 0 spiro atoms. The first-order chi connectivity index (χ1) is 13.4. The second-order valence-electron chi connectivity index (χ2n) is 6.87. The molecule has 0 aromatic heterocycles. The van der Waals surface area contributed by atoms with Gasteiger partial charge in [-0.05, 0) is 50.1 Å². The molecular weight excluding hydrogens is 350 g/mol. The van der Waals surface area contributed by atoms with Crippen LogP contribution in [-0.4, -0.2) is 11.9 Å². The summed E-state index contributed by atoms with van der Waals surface area (Å²) >= 11 is 0. The summed E-state index contributed by atoms with van der Waals surface area (Å²) < 4.78 is 5.63. The summed E-state index contributed by atoms with van der Waals surface area (Å²) in [5.74, 6) is -0.922. The van der Waals surface area contributed by atoms with Crippen LogP contribution < -0.4 is 5.32 Å². The van der Waals surface area contributed by atoms with Crippen LogP contribution in [-0.2, 0) is 9.53 Å². The topological polar surface area (TPSA) is 55.4 Å². The van der Waals surface area contributed by atoms with Crippen LogP contribution in [0, 0.1) is 20.8 Å². The molecule has 1 amide bonds. The number of rotatable bonds is 5. The lowest BCUT2D eigenvalue weighted by Gasteiger charge is -2.19. The predicted octanol–water partition coefficient (Wildman–Crippen LogP) is 5.15. The number of hydrogen-bond acceptors (Lipinski definition) is 3. The van der Waals surface area contributed by atoms with Crippen LogP contribution in [0.5, 0.6) is 0 Å². The van der Waals surface area contributed by atoms with Crippen molar-refractivity contribution >= 4 is 17.6 Å². The van der Waals surface area contributed by atoms with Crippen molar-refractivity contribution in [1.29, 1.82) is 0 Å². The summed E-state index contributed by atoms with van der Waals surface area (Å²) in [5.41, 5.74) is 4.67. The van der Waals surface area contributed by atoms with E-state index in [0.29, 0.717) is 16.8 Å². The van der Waals surface area contributed by atoms with Gasteiger partial charge < -0.3 is 10.1 Å². The molecule has 0 bridgehead atoms. The Morgan fingerprint density at radius 1 is 0.821 bits per heavy atom. The lowest BCUT2D eigenvalue weighted by atomic mass is 10.1. The van der Waals surface area contributed by atoms with E-state index in [1.807, 2.05) is 63.2 Å². The van der Waals surface area contributed by atoms with Crippen molar-refractivity contribution in [2.45, 2.75) is 26.9 Å². The van der Waals surface area contributed by atoms with E-state index >= 15 is 0 Å². The van der Waals surface area contributed by atoms with Gasteiger partial charge in [0, 0.05) is 11.3 Å². The molecule has 28 heavy (non-hydrogen) atoms. The van der Waals surface area contributed by atoms with Crippen molar-refractivity contribution in [3.05, 3.63) is 101 Å². The molecule has 3 rings (SSSR count). The standard InChI is InChI=1S/C24H23NO3/c1-16-8-7-11-20(14-16)24(27)28-22(19-9-5-4-6-10-19)23(26)25-21-15-17(2)12-13-18(21)3/h4-15,22H,1-3H3,(H,25,26)/t22-/m0/s1. The number of amides is 1. The first-order valence-electron chi connectivity index (χ1n) is 9.15. The zero-order valence-electron chi connectivity index (χ0n) is 16.2. The largest absolute Gasteiger partial charge is 0.444 e. The number of ether oxygens (including phenoxy) is 1. The zero-order valence-corrected chi connectivity index (χ0v) is 16.2. The van der Waals surface area contributed by atoms with E-state index in [9.17, 15) is 9.59 Å². The third-order valence-corrected chi connectivity index (χ3v) is 4.47. The number of benzene rings is 3. The van der Waals surface area contributed by atoms with Gasteiger partial charge in [0.2, 0.25) is 6.10 Å². The number of esters is 1. The van der Waals surface area contributed by atoms with Crippen molar-refractivity contribution in [2.75, 3.05) is 5.32 Å². The van der Waals surface area contributed by atoms with Crippen LogP contribution in [0.3, 0.4) is 0 Å². The molecule has 0 saturated heterocycles. The minimum Gasteiger partial charge on any atom is -0.444 e. The molecule has 0 fully saturated rings. The van der Waals surface area contributed by atoms with E-state index in [1.165, 1.54) is 0 Å². The van der Waals surface area contributed by atoms with Crippen molar-refractivity contribution in [2.24, 2.45) is 0 Å². The molecule has 4 heteroatoms. The Labute approximate surface area is 165 Å². The highest BCUT2D eigenvalue weighted by Gasteiger charge is 2.26. The lowest BCUT2D eigenvalue weighted by molar-refractivity contribution is -0.125. The Morgan fingerprint density at radius 3 is 2.25 bits per heavy atom. The molecule has 142 valence electrons. The Hall–Kier alpha value is -3.40. The van der Waals surface area contributed by atoms with E-state index in [1.54, 1.807) is 30.3 Å². The minimum absolute atomic E-state index is 0.388. The summed E-state index contributed by atoms with van der Waals surface area (Å²) in [5, 5.41) is 2.90. The molecule has 0 aliphatic heterocycles. The Bertz CT molecular complexity index is 996. The van der Waals surface area contributed by atoms with E-state index < -0.39 is 12.1 Å². The fraction of sp³-hybridized carbons (Fsp3) is 0.167. The summed E-state index contributed by atoms with van der Waals surface area (Å²) in [6.45, 7) is 5.78. The second-order valence-corrected chi connectivity index (χ2v) is 6.87. The lowest BCUT2D eigenvalue weighted by Crippen LogP contribution is -2.26. The Balaban J connectivity index is 1.88.